The maximum atomic E-state index is 12.4. The summed E-state index contributed by atoms with van der Waals surface area (Å²) in [5.41, 5.74) is 7.39. The van der Waals surface area contributed by atoms with E-state index < -0.39 is 23.8 Å². The number of hydrogen-bond donors (Lipinski definition) is 2. The molecule has 6 nitrogen and oxygen atoms in total. The van der Waals surface area contributed by atoms with Crippen molar-refractivity contribution in [1.29, 1.82) is 0 Å². The maximum absolute atomic E-state index is 12.4. The van der Waals surface area contributed by atoms with Gasteiger partial charge in [0.15, 0.2) is 0 Å². The molecule has 0 aromatic heterocycles. The van der Waals surface area contributed by atoms with Crippen molar-refractivity contribution in [2.24, 2.45) is 5.73 Å². The highest BCUT2D eigenvalue weighted by Crippen LogP contribution is 2.28. The smallest absolute Gasteiger partial charge is 0.313 e. The summed E-state index contributed by atoms with van der Waals surface area (Å²) in [5, 5.41) is 2.57. The molecule has 0 spiro atoms. The number of para-hydroxylation sites is 1. The number of anilines is 1. The van der Waals surface area contributed by atoms with Crippen LogP contribution in [0.3, 0.4) is 0 Å². The number of rotatable bonds is 3. The topological polar surface area (TPSA) is 92.5 Å². The number of nitrogens with two attached hydrogens (primary N) is 1. The van der Waals surface area contributed by atoms with Crippen LogP contribution in [-0.2, 0) is 20.9 Å². The Hall–Kier alpha value is -3.15. The first-order chi connectivity index (χ1) is 11.1. The SMILES string of the molecule is NC(=O)[C@H](c1ccccc1)N1Cc2ccccc2NC(=O)C1=O. The minimum Gasteiger partial charge on any atom is -0.368 e. The Bertz CT molecular complexity index is 774. The van der Waals surface area contributed by atoms with E-state index in [2.05, 4.69) is 5.32 Å². The summed E-state index contributed by atoms with van der Waals surface area (Å²) < 4.78 is 0. The molecule has 1 aliphatic heterocycles. The molecule has 0 aliphatic carbocycles. The molecule has 0 unspecified atom stereocenters. The van der Waals surface area contributed by atoms with Gasteiger partial charge >= 0.3 is 11.8 Å². The lowest BCUT2D eigenvalue weighted by molar-refractivity contribution is -0.147. The molecule has 3 N–H and O–H groups in total. The minimum atomic E-state index is -0.999. The Labute approximate surface area is 132 Å². The fraction of sp³-hybridized carbons (Fsp3) is 0.118. The third-order valence-corrected chi connectivity index (χ3v) is 3.76. The van der Waals surface area contributed by atoms with E-state index in [4.69, 9.17) is 5.73 Å². The van der Waals surface area contributed by atoms with Gasteiger partial charge < -0.3 is 16.0 Å². The average molecular weight is 309 g/mol. The zero-order valence-corrected chi connectivity index (χ0v) is 12.2. The van der Waals surface area contributed by atoms with Crippen molar-refractivity contribution in [3.63, 3.8) is 0 Å². The summed E-state index contributed by atoms with van der Waals surface area (Å²) in [4.78, 5) is 37.7. The van der Waals surface area contributed by atoms with Crippen LogP contribution in [0.5, 0.6) is 0 Å². The zero-order chi connectivity index (χ0) is 16.4. The van der Waals surface area contributed by atoms with Crippen molar-refractivity contribution in [1.82, 2.24) is 4.90 Å². The van der Waals surface area contributed by atoms with E-state index in [1.807, 2.05) is 0 Å². The minimum absolute atomic E-state index is 0.121. The number of primary amides is 1. The number of benzene rings is 2. The number of carbonyl (C=O) groups is 3. The summed E-state index contributed by atoms with van der Waals surface area (Å²) >= 11 is 0. The van der Waals surface area contributed by atoms with E-state index >= 15 is 0 Å². The van der Waals surface area contributed by atoms with Gasteiger partial charge in [0.25, 0.3) is 0 Å². The van der Waals surface area contributed by atoms with Gasteiger partial charge in [-0.15, -0.1) is 0 Å². The molecule has 0 fully saturated rings. The molecule has 2 aromatic carbocycles. The predicted octanol–water partition coefficient (Wildman–Crippen LogP) is 1.19. The molecular weight excluding hydrogens is 294 g/mol. The Morgan fingerprint density at radius 1 is 1.04 bits per heavy atom. The summed E-state index contributed by atoms with van der Waals surface area (Å²) in [6.07, 6.45) is 0. The average Bonchev–Trinajstić information content (AvgIpc) is 2.67. The van der Waals surface area contributed by atoms with Gasteiger partial charge in [0, 0.05) is 12.2 Å². The van der Waals surface area contributed by atoms with E-state index in [0.717, 1.165) is 5.56 Å². The van der Waals surface area contributed by atoms with Crippen LogP contribution < -0.4 is 11.1 Å². The van der Waals surface area contributed by atoms with Crippen LogP contribution in [-0.4, -0.2) is 22.6 Å². The number of amides is 3. The van der Waals surface area contributed by atoms with Gasteiger partial charge in [-0.2, -0.15) is 0 Å². The highest BCUT2D eigenvalue weighted by molar-refractivity contribution is 6.40. The van der Waals surface area contributed by atoms with Crippen molar-refractivity contribution < 1.29 is 14.4 Å². The van der Waals surface area contributed by atoms with Gasteiger partial charge in [0.1, 0.15) is 6.04 Å². The molecule has 3 amide bonds. The van der Waals surface area contributed by atoms with Crippen LogP contribution in [0.15, 0.2) is 54.6 Å². The van der Waals surface area contributed by atoms with Gasteiger partial charge in [-0.3, -0.25) is 14.4 Å². The van der Waals surface area contributed by atoms with E-state index in [-0.39, 0.29) is 6.54 Å². The molecule has 0 radical (unpaired) electrons. The summed E-state index contributed by atoms with van der Waals surface area (Å²) in [7, 11) is 0. The summed E-state index contributed by atoms with van der Waals surface area (Å²) in [6.45, 7) is 0.121. The number of nitrogens with one attached hydrogen (secondary N) is 1. The van der Waals surface area contributed by atoms with Gasteiger partial charge in [-0.1, -0.05) is 48.5 Å². The molecular formula is C17H15N3O3. The summed E-state index contributed by atoms with van der Waals surface area (Å²) in [6, 6.07) is 14.8. The lowest BCUT2D eigenvalue weighted by atomic mass is 10.0. The van der Waals surface area contributed by atoms with Crippen LogP contribution >= 0.6 is 0 Å². The van der Waals surface area contributed by atoms with Crippen LogP contribution in [0.25, 0.3) is 0 Å². The Balaban J connectivity index is 2.06. The molecule has 0 bridgehead atoms. The predicted molar refractivity (Wildman–Crippen MR) is 84.0 cm³/mol. The first-order valence-corrected chi connectivity index (χ1v) is 7.12. The van der Waals surface area contributed by atoms with E-state index in [0.29, 0.717) is 11.3 Å². The van der Waals surface area contributed by atoms with Gasteiger partial charge in [0.05, 0.1) is 0 Å². The van der Waals surface area contributed by atoms with Crippen LogP contribution in [0.4, 0.5) is 5.69 Å². The molecule has 1 atom stereocenters. The van der Waals surface area contributed by atoms with Gasteiger partial charge in [0.2, 0.25) is 5.91 Å². The van der Waals surface area contributed by atoms with E-state index in [1.165, 1.54) is 4.90 Å². The fourth-order valence-corrected chi connectivity index (χ4v) is 2.68. The first kappa shape index (κ1) is 14.8. The summed E-state index contributed by atoms with van der Waals surface area (Å²) in [5.74, 6) is -2.25. The van der Waals surface area contributed by atoms with Crippen molar-refractivity contribution in [2.45, 2.75) is 12.6 Å². The Morgan fingerprint density at radius 3 is 2.39 bits per heavy atom. The number of carbonyl (C=O) groups excluding carboxylic acids is 3. The molecule has 1 heterocycles. The highest BCUT2D eigenvalue weighted by Gasteiger charge is 2.35. The fourth-order valence-electron chi connectivity index (χ4n) is 2.68. The number of hydrogen-bond acceptors (Lipinski definition) is 3. The third-order valence-electron chi connectivity index (χ3n) is 3.76. The molecule has 0 saturated carbocycles. The third kappa shape index (κ3) is 2.78. The van der Waals surface area contributed by atoms with Crippen molar-refractivity contribution in [3.05, 3.63) is 65.7 Å². The molecule has 0 saturated heterocycles. The monoisotopic (exact) mass is 309 g/mol. The van der Waals surface area contributed by atoms with Gasteiger partial charge in [-0.25, -0.2) is 0 Å². The lowest BCUT2D eigenvalue weighted by Crippen LogP contribution is -2.44. The van der Waals surface area contributed by atoms with Gasteiger partial charge in [-0.05, 0) is 17.2 Å². The highest BCUT2D eigenvalue weighted by atomic mass is 16.2. The zero-order valence-electron chi connectivity index (χ0n) is 12.2. The molecule has 6 heteroatoms. The second-order valence-electron chi connectivity index (χ2n) is 5.26. The second kappa shape index (κ2) is 5.92. The first-order valence-electron chi connectivity index (χ1n) is 7.12. The molecule has 23 heavy (non-hydrogen) atoms. The Morgan fingerprint density at radius 2 is 1.70 bits per heavy atom. The van der Waals surface area contributed by atoms with E-state index in [1.54, 1.807) is 54.6 Å². The Kier molecular flexibility index (Phi) is 3.80. The van der Waals surface area contributed by atoms with Crippen molar-refractivity contribution in [3.8, 4) is 0 Å². The molecule has 116 valence electrons. The maximum Gasteiger partial charge on any atom is 0.313 e. The van der Waals surface area contributed by atoms with Crippen molar-refractivity contribution in [2.75, 3.05) is 5.32 Å². The van der Waals surface area contributed by atoms with Crippen LogP contribution in [0, 0.1) is 0 Å². The number of nitrogens with zero attached hydrogens (tertiary/aromatic N) is 1. The van der Waals surface area contributed by atoms with Crippen LogP contribution in [0.1, 0.15) is 17.2 Å². The second-order valence-corrected chi connectivity index (χ2v) is 5.26. The standard InChI is InChI=1S/C17H15N3O3/c18-15(21)14(11-6-2-1-3-7-11)20-10-12-8-4-5-9-13(12)19-16(22)17(20)23/h1-9,14H,10H2,(H2,18,21)(H,19,22)/t14-/m0/s1. The molecule has 3 rings (SSSR count). The quantitative estimate of drug-likeness (QED) is 0.834. The molecule has 1 aliphatic rings. The lowest BCUT2D eigenvalue weighted by Gasteiger charge is -2.28. The molecule has 2 aromatic rings. The normalized spacial score (nSPS) is 15.4. The van der Waals surface area contributed by atoms with Crippen LogP contribution in [0.2, 0.25) is 0 Å². The largest absolute Gasteiger partial charge is 0.368 e. The number of fused-ring (bicyclic) bond motifs is 1. The van der Waals surface area contributed by atoms with E-state index in [9.17, 15) is 14.4 Å². The van der Waals surface area contributed by atoms with Crippen molar-refractivity contribution >= 4 is 23.4 Å².